The molecule has 8 heteroatoms. The number of allylic oxidation sites excluding steroid dienone is 2. The molecule has 7 nitrogen and oxygen atoms in total. The van der Waals surface area contributed by atoms with E-state index in [2.05, 4.69) is 11.9 Å². The van der Waals surface area contributed by atoms with E-state index in [-0.39, 0.29) is 18.3 Å². The molecule has 2 aromatic rings. The van der Waals surface area contributed by atoms with E-state index < -0.39 is 17.8 Å². The minimum atomic E-state index is -0.803. The van der Waals surface area contributed by atoms with Gasteiger partial charge in [0, 0.05) is 34.3 Å². The lowest BCUT2D eigenvalue weighted by Crippen LogP contribution is -2.42. The van der Waals surface area contributed by atoms with Crippen LogP contribution in [0.3, 0.4) is 0 Å². The third-order valence-corrected chi connectivity index (χ3v) is 7.02. The number of rotatable bonds is 7. The predicted molar refractivity (Wildman–Crippen MR) is 137 cm³/mol. The van der Waals surface area contributed by atoms with Crippen LogP contribution in [0.25, 0.3) is 0 Å². The zero-order valence-corrected chi connectivity index (χ0v) is 21.6. The topological polar surface area (TPSA) is 83.1 Å². The van der Waals surface area contributed by atoms with Crippen molar-refractivity contribution >= 4 is 23.4 Å². The molecule has 0 spiro atoms. The third kappa shape index (κ3) is 4.67. The van der Waals surface area contributed by atoms with Gasteiger partial charge in [0.15, 0.2) is 17.3 Å². The molecule has 1 aliphatic carbocycles. The predicted octanol–water partition coefficient (Wildman–Crippen LogP) is 5.15. The summed E-state index contributed by atoms with van der Waals surface area (Å²) in [6.45, 7) is 6.12. The number of benzene rings is 2. The largest absolute Gasteiger partial charge is 0.493 e. The molecule has 190 valence electrons. The van der Waals surface area contributed by atoms with Crippen molar-refractivity contribution in [3.05, 3.63) is 76.1 Å². The Morgan fingerprint density at radius 2 is 1.67 bits per heavy atom. The van der Waals surface area contributed by atoms with Crippen molar-refractivity contribution in [3.8, 4) is 17.2 Å². The lowest BCUT2D eigenvalue weighted by Gasteiger charge is -2.40. The van der Waals surface area contributed by atoms with Crippen molar-refractivity contribution in [1.82, 2.24) is 5.32 Å². The van der Waals surface area contributed by atoms with Crippen LogP contribution >= 0.6 is 11.6 Å². The second kappa shape index (κ2) is 10.7. The SMILES string of the molecule is C=C1NC2=C(C(=O)CC(c3ccc(Cl)cc3)C2)C(c2cc(OC)c(OC)c(OC)c2)C1C(=O)OCC. The number of methoxy groups -OCH3 is 3. The molecular formula is C28H30ClNO6. The molecule has 3 atom stereocenters. The number of carbonyl (C=O) groups excluding carboxylic acids is 2. The first-order chi connectivity index (χ1) is 17.3. The van der Waals surface area contributed by atoms with Gasteiger partial charge < -0.3 is 24.3 Å². The van der Waals surface area contributed by atoms with Crippen LogP contribution in [-0.4, -0.2) is 39.7 Å². The van der Waals surface area contributed by atoms with E-state index in [9.17, 15) is 9.59 Å². The zero-order valence-electron chi connectivity index (χ0n) is 20.9. The Bertz CT molecular complexity index is 1190. The summed E-state index contributed by atoms with van der Waals surface area (Å²) in [5.74, 6) is -0.643. The van der Waals surface area contributed by atoms with E-state index >= 15 is 0 Å². The second-order valence-electron chi connectivity index (χ2n) is 8.79. The molecule has 2 aromatic carbocycles. The average Bonchev–Trinajstić information content (AvgIpc) is 2.87. The molecule has 0 saturated carbocycles. The summed E-state index contributed by atoms with van der Waals surface area (Å²) >= 11 is 6.07. The first-order valence-corrected chi connectivity index (χ1v) is 12.1. The maximum Gasteiger partial charge on any atom is 0.315 e. The summed E-state index contributed by atoms with van der Waals surface area (Å²) in [6.07, 6.45) is 0.906. The van der Waals surface area contributed by atoms with Crippen LogP contribution in [0.5, 0.6) is 17.2 Å². The highest BCUT2D eigenvalue weighted by Crippen LogP contribution is 2.50. The summed E-state index contributed by atoms with van der Waals surface area (Å²) in [6, 6.07) is 11.1. The molecule has 0 aromatic heterocycles. The molecular weight excluding hydrogens is 482 g/mol. The average molecular weight is 512 g/mol. The number of ketones is 1. The maximum atomic E-state index is 13.7. The lowest BCUT2D eigenvalue weighted by molar-refractivity contribution is -0.147. The van der Waals surface area contributed by atoms with Crippen molar-refractivity contribution in [3.63, 3.8) is 0 Å². The Labute approximate surface area is 216 Å². The fraction of sp³-hybridized carbons (Fsp3) is 0.357. The van der Waals surface area contributed by atoms with Gasteiger partial charge in [0.2, 0.25) is 5.75 Å². The molecule has 2 aliphatic rings. The van der Waals surface area contributed by atoms with Gasteiger partial charge in [0.25, 0.3) is 0 Å². The fourth-order valence-corrected chi connectivity index (χ4v) is 5.30. The number of ether oxygens (including phenoxy) is 4. The minimum Gasteiger partial charge on any atom is -0.493 e. The molecule has 4 rings (SSSR count). The van der Waals surface area contributed by atoms with Crippen molar-refractivity contribution in [2.24, 2.45) is 5.92 Å². The normalized spacial score (nSPS) is 21.4. The molecule has 36 heavy (non-hydrogen) atoms. The van der Waals surface area contributed by atoms with Crippen LogP contribution in [0.2, 0.25) is 5.02 Å². The van der Waals surface area contributed by atoms with Crippen LogP contribution in [-0.2, 0) is 14.3 Å². The Morgan fingerprint density at radius 3 is 2.22 bits per heavy atom. The highest BCUT2D eigenvalue weighted by Gasteiger charge is 2.46. The summed E-state index contributed by atoms with van der Waals surface area (Å²) < 4.78 is 22.0. The van der Waals surface area contributed by atoms with Crippen molar-refractivity contribution < 1.29 is 28.5 Å². The summed E-state index contributed by atoms with van der Waals surface area (Å²) in [4.78, 5) is 26.9. The van der Waals surface area contributed by atoms with Gasteiger partial charge in [0.05, 0.1) is 27.9 Å². The number of carbonyl (C=O) groups is 2. The van der Waals surface area contributed by atoms with E-state index in [0.717, 1.165) is 11.3 Å². The monoisotopic (exact) mass is 511 g/mol. The summed E-state index contributed by atoms with van der Waals surface area (Å²) in [5.41, 5.74) is 3.51. The van der Waals surface area contributed by atoms with Gasteiger partial charge in [-0.15, -0.1) is 0 Å². The summed E-state index contributed by atoms with van der Waals surface area (Å²) in [5, 5.41) is 3.92. The fourth-order valence-electron chi connectivity index (χ4n) is 5.17. The number of hydrogen-bond donors (Lipinski definition) is 1. The Morgan fingerprint density at radius 1 is 1.03 bits per heavy atom. The Balaban J connectivity index is 1.86. The summed E-state index contributed by atoms with van der Waals surface area (Å²) in [7, 11) is 4.58. The van der Waals surface area contributed by atoms with Gasteiger partial charge in [-0.2, -0.15) is 0 Å². The third-order valence-electron chi connectivity index (χ3n) is 6.77. The quantitative estimate of drug-likeness (QED) is 0.515. The number of hydrogen-bond acceptors (Lipinski definition) is 7. The highest BCUT2D eigenvalue weighted by atomic mass is 35.5. The van der Waals surface area contributed by atoms with Crippen LogP contribution < -0.4 is 19.5 Å². The molecule has 1 heterocycles. The molecule has 1 aliphatic heterocycles. The van der Waals surface area contributed by atoms with Crippen LogP contribution in [0.15, 0.2) is 59.9 Å². The van der Waals surface area contributed by atoms with E-state index in [0.29, 0.717) is 51.9 Å². The van der Waals surface area contributed by atoms with Crippen molar-refractivity contribution in [1.29, 1.82) is 0 Å². The molecule has 0 bridgehead atoms. The van der Waals surface area contributed by atoms with Gasteiger partial charge in [-0.1, -0.05) is 30.3 Å². The smallest absolute Gasteiger partial charge is 0.315 e. The number of esters is 1. The molecule has 0 fully saturated rings. The van der Waals surface area contributed by atoms with Crippen LogP contribution in [0.1, 0.15) is 42.7 Å². The Kier molecular flexibility index (Phi) is 7.59. The van der Waals surface area contributed by atoms with Gasteiger partial charge in [-0.3, -0.25) is 9.59 Å². The van der Waals surface area contributed by atoms with Crippen LogP contribution in [0, 0.1) is 5.92 Å². The number of halogens is 1. The standard InChI is InChI=1S/C28H30ClNO6/c1-6-36-28(32)24-15(2)30-20-11-17(16-7-9-19(29)10-8-16)12-21(31)26(20)25(24)18-13-22(33-3)27(35-5)23(14-18)34-4/h7-10,13-14,17,24-25,30H,2,6,11-12H2,1,3-5H3. The maximum absolute atomic E-state index is 13.7. The number of Topliss-reactive ketones (excluding diaryl/α,β-unsaturated/α-hetero) is 1. The van der Waals surface area contributed by atoms with Gasteiger partial charge in [-0.05, 0) is 54.7 Å². The van der Waals surface area contributed by atoms with E-state index in [4.69, 9.17) is 30.5 Å². The first-order valence-electron chi connectivity index (χ1n) is 11.8. The van der Waals surface area contributed by atoms with E-state index in [1.807, 2.05) is 24.3 Å². The van der Waals surface area contributed by atoms with Gasteiger partial charge in [-0.25, -0.2) is 0 Å². The zero-order chi connectivity index (χ0) is 26.0. The molecule has 3 unspecified atom stereocenters. The van der Waals surface area contributed by atoms with Gasteiger partial charge in [0.1, 0.15) is 5.92 Å². The molecule has 0 radical (unpaired) electrons. The van der Waals surface area contributed by atoms with Gasteiger partial charge >= 0.3 is 5.97 Å². The molecule has 1 N–H and O–H groups in total. The number of nitrogens with one attached hydrogen (secondary N) is 1. The van der Waals surface area contributed by atoms with Crippen molar-refractivity contribution in [2.45, 2.75) is 31.6 Å². The minimum absolute atomic E-state index is 0.0199. The highest BCUT2D eigenvalue weighted by molar-refractivity contribution is 6.30. The van der Waals surface area contributed by atoms with E-state index in [1.165, 1.54) is 21.3 Å². The van der Waals surface area contributed by atoms with Crippen LogP contribution in [0.4, 0.5) is 0 Å². The molecule has 0 saturated heterocycles. The first kappa shape index (κ1) is 25.6. The van der Waals surface area contributed by atoms with E-state index in [1.54, 1.807) is 19.1 Å². The van der Waals surface area contributed by atoms with Crippen molar-refractivity contribution in [2.75, 3.05) is 27.9 Å². The molecule has 0 amide bonds. The lowest BCUT2D eigenvalue weighted by atomic mass is 9.69. The Hall–Kier alpha value is -3.45. The second-order valence-corrected chi connectivity index (χ2v) is 9.22.